The summed E-state index contributed by atoms with van der Waals surface area (Å²) in [7, 11) is 2.96. The Bertz CT molecular complexity index is 591. The Morgan fingerprint density at radius 3 is 2.65 bits per heavy atom. The molecule has 1 aromatic rings. The molecule has 0 fully saturated rings. The first-order valence-electron chi connectivity index (χ1n) is 6.94. The number of rotatable bonds is 10. The van der Waals surface area contributed by atoms with E-state index in [1.807, 2.05) is 6.07 Å². The maximum atomic E-state index is 13.6. The SMILES string of the molecule is N#Cc1ccc(CCC(=O)NCCSSCCC(=O)O)c(F)c1. The Hall–Kier alpha value is -1.72. The lowest BCUT2D eigenvalue weighted by Crippen LogP contribution is -2.25. The third-order valence-corrected chi connectivity index (χ3v) is 5.20. The molecule has 124 valence electrons. The number of carbonyl (C=O) groups is 2. The number of aliphatic carboxylic acids is 1. The molecule has 0 aliphatic carbocycles. The van der Waals surface area contributed by atoms with Crippen molar-refractivity contribution in [1.82, 2.24) is 5.32 Å². The molecule has 0 aliphatic rings. The molecule has 1 aromatic carbocycles. The molecule has 0 saturated carbocycles. The summed E-state index contributed by atoms with van der Waals surface area (Å²) in [4.78, 5) is 22.0. The lowest BCUT2D eigenvalue weighted by Gasteiger charge is -2.06. The van der Waals surface area contributed by atoms with Gasteiger partial charge in [0.05, 0.1) is 18.1 Å². The van der Waals surface area contributed by atoms with E-state index in [9.17, 15) is 14.0 Å². The maximum absolute atomic E-state index is 13.6. The molecule has 23 heavy (non-hydrogen) atoms. The molecule has 0 heterocycles. The van der Waals surface area contributed by atoms with Crippen LogP contribution in [-0.2, 0) is 16.0 Å². The van der Waals surface area contributed by atoms with Gasteiger partial charge in [-0.25, -0.2) is 4.39 Å². The van der Waals surface area contributed by atoms with Crippen LogP contribution in [0.2, 0.25) is 0 Å². The molecule has 0 aromatic heterocycles. The van der Waals surface area contributed by atoms with Crippen molar-refractivity contribution in [2.75, 3.05) is 18.1 Å². The zero-order valence-electron chi connectivity index (χ0n) is 12.4. The maximum Gasteiger partial charge on any atom is 0.304 e. The van der Waals surface area contributed by atoms with Gasteiger partial charge >= 0.3 is 5.97 Å². The second-order valence-corrected chi connectivity index (χ2v) is 7.26. The zero-order valence-corrected chi connectivity index (χ0v) is 14.0. The van der Waals surface area contributed by atoms with Gasteiger partial charge in [-0.3, -0.25) is 9.59 Å². The number of carboxylic acids is 1. The minimum atomic E-state index is -0.818. The Morgan fingerprint density at radius 1 is 1.26 bits per heavy atom. The van der Waals surface area contributed by atoms with Gasteiger partial charge in [0.25, 0.3) is 0 Å². The molecular weight excluding hydrogens is 339 g/mol. The molecular formula is C15H17FN2O3S2. The van der Waals surface area contributed by atoms with E-state index in [1.165, 1.54) is 33.7 Å². The van der Waals surface area contributed by atoms with Gasteiger partial charge in [0.15, 0.2) is 0 Å². The van der Waals surface area contributed by atoms with Crippen molar-refractivity contribution in [3.8, 4) is 6.07 Å². The minimum absolute atomic E-state index is 0.125. The van der Waals surface area contributed by atoms with Crippen molar-refractivity contribution in [2.24, 2.45) is 0 Å². The largest absolute Gasteiger partial charge is 0.481 e. The van der Waals surface area contributed by atoms with E-state index in [4.69, 9.17) is 10.4 Å². The third-order valence-electron chi connectivity index (χ3n) is 2.79. The smallest absolute Gasteiger partial charge is 0.304 e. The molecule has 0 aliphatic heterocycles. The van der Waals surface area contributed by atoms with E-state index in [1.54, 1.807) is 0 Å². The highest BCUT2D eigenvalue weighted by atomic mass is 33.1. The monoisotopic (exact) mass is 356 g/mol. The van der Waals surface area contributed by atoms with Gasteiger partial charge in [-0.1, -0.05) is 27.7 Å². The van der Waals surface area contributed by atoms with E-state index in [0.717, 1.165) is 6.07 Å². The summed E-state index contributed by atoms with van der Waals surface area (Å²) in [5, 5.41) is 19.9. The molecule has 0 saturated heterocycles. The number of aryl methyl sites for hydroxylation is 1. The fraction of sp³-hybridized carbons (Fsp3) is 0.400. The second-order valence-electron chi connectivity index (χ2n) is 4.56. The fourth-order valence-corrected chi connectivity index (χ4v) is 3.52. The average Bonchev–Trinajstić information content (AvgIpc) is 2.52. The van der Waals surface area contributed by atoms with Crippen LogP contribution < -0.4 is 5.32 Å². The molecule has 0 unspecified atom stereocenters. The number of nitrogens with zero attached hydrogens (tertiary/aromatic N) is 1. The van der Waals surface area contributed by atoms with Crippen LogP contribution in [0.5, 0.6) is 0 Å². The highest BCUT2D eigenvalue weighted by Crippen LogP contribution is 2.20. The topological polar surface area (TPSA) is 90.2 Å². The van der Waals surface area contributed by atoms with Crippen LogP contribution in [0.25, 0.3) is 0 Å². The van der Waals surface area contributed by atoms with Gasteiger partial charge < -0.3 is 10.4 Å². The average molecular weight is 356 g/mol. The Morgan fingerprint density at radius 2 is 2.00 bits per heavy atom. The summed E-state index contributed by atoms with van der Waals surface area (Å²) in [5.74, 6) is -0.235. The first-order chi connectivity index (χ1) is 11.0. The molecule has 0 spiro atoms. The number of nitriles is 1. The quantitative estimate of drug-likeness (QED) is 0.495. The van der Waals surface area contributed by atoms with E-state index in [-0.39, 0.29) is 30.7 Å². The standard InChI is InChI=1S/C15H17FN2O3S2/c16-13-9-11(10-17)1-2-12(13)3-4-14(19)18-6-8-23-22-7-5-15(20)21/h1-2,9H,3-8H2,(H,18,19)(H,20,21). The number of carboxylic acid groups (broad SMARTS) is 1. The van der Waals surface area contributed by atoms with Gasteiger partial charge in [-0.2, -0.15) is 5.26 Å². The summed E-state index contributed by atoms with van der Waals surface area (Å²) in [6.07, 6.45) is 0.587. The summed E-state index contributed by atoms with van der Waals surface area (Å²) in [6, 6.07) is 6.08. The van der Waals surface area contributed by atoms with Crippen molar-refractivity contribution in [2.45, 2.75) is 19.3 Å². The molecule has 0 atom stereocenters. The third kappa shape index (κ3) is 8.47. The zero-order chi connectivity index (χ0) is 17.1. The van der Waals surface area contributed by atoms with Crippen LogP contribution in [0, 0.1) is 17.1 Å². The van der Waals surface area contributed by atoms with Crippen molar-refractivity contribution in [1.29, 1.82) is 5.26 Å². The van der Waals surface area contributed by atoms with Crippen LogP contribution in [0.3, 0.4) is 0 Å². The Kier molecular flexibility index (Phi) is 9.17. The number of halogens is 1. The second kappa shape index (κ2) is 10.9. The van der Waals surface area contributed by atoms with Gasteiger partial charge in [-0.15, -0.1) is 0 Å². The summed E-state index contributed by atoms with van der Waals surface area (Å²) in [6.45, 7) is 0.486. The van der Waals surface area contributed by atoms with Crippen LogP contribution in [0.15, 0.2) is 18.2 Å². The normalized spacial score (nSPS) is 10.1. The predicted molar refractivity (Wildman–Crippen MR) is 89.6 cm³/mol. The van der Waals surface area contributed by atoms with Gasteiger partial charge in [0.2, 0.25) is 5.91 Å². The van der Waals surface area contributed by atoms with E-state index < -0.39 is 11.8 Å². The first-order valence-corrected chi connectivity index (χ1v) is 9.43. The van der Waals surface area contributed by atoms with E-state index >= 15 is 0 Å². The Balaban J connectivity index is 2.15. The lowest BCUT2D eigenvalue weighted by atomic mass is 10.1. The summed E-state index contributed by atoms with van der Waals surface area (Å²) in [5.41, 5.74) is 0.672. The molecule has 2 N–H and O–H groups in total. The van der Waals surface area contributed by atoms with Crippen molar-refractivity contribution >= 4 is 33.5 Å². The molecule has 5 nitrogen and oxygen atoms in total. The van der Waals surface area contributed by atoms with E-state index in [0.29, 0.717) is 23.6 Å². The van der Waals surface area contributed by atoms with Crippen LogP contribution in [0.4, 0.5) is 4.39 Å². The molecule has 8 heteroatoms. The molecule has 1 amide bonds. The minimum Gasteiger partial charge on any atom is -0.481 e. The molecule has 0 radical (unpaired) electrons. The predicted octanol–water partition coefficient (Wildman–Crippen LogP) is 2.60. The number of nitrogens with one attached hydrogen (secondary N) is 1. The number of amides is 1. The highest BCUT2D eigenvalue weighted by Gasteiger charge is 2.07. The van der Waals surface area contributed by atoms with Crippen molar-refractivity contribution < 1.29 is 19.1 Å². The number of carbonyl (C=O) groups excluding carboxylic acids is 1. The van der Waals surface area contributed by atoms with Gasteiger partial charge in [-0.05, 0) is 24.1 Å². The number of benzene rings is 1. The highest BCUT2D eigenvalue weighted by molar-refractivity contribution is 8.76. The van der Waals surface area contributed by atoms with Crippen molar-refractivity contribution in [3.05, 3.63) is 35.1 Å². The number of hydrogen-bond donors (Lipinski definition) is 2. The fourth-order valence-electron chi connectivity index (χ4n) is 1.64. The van der Waals surface area contributed by atoms with Gasteiger partial charge in [0.1, 0.15) is 5.82 Å². The summed E-state index contributed by atoms with van der Waals surface area (Å²) < 4.78 is 13.6. The van der Waals surface area contributed by atoms with Crippen LogP contribution in [-0.4, -0.2) is 35.0 Å². The van der Waals surface area contributed by atoms with Crippen molar-refractivity contribution in [3.63, 3.8) is 0 Å². The van der Waals surface area contributed by atoms with Gasteiger partial charge in [0, 0.05) is 24.5 Å². The van der Waals surface area contributed by atoms with Crippen LogP contribution in [0.1, 0.15) is 24.0 Å². The van der Waals surface area contributed by atoms with E-state index in [2.05, 4.69) is 5.32 Å². The summed E-state index contributed by atoms with van der Waals surface area (Å²) >= 11 is 0. The molecule has 1 rings (SSSR count). The van der Waals surface area contributed by atoms with Crippen LogP contribution >= 0.6 is 21.6 Å². The Labute approximate surface area is 142 Å². The first kappa shape index (κ1) is 19.3. The number of hydrogen-bond acceptors (Lipinski definition) is 5. The molecule has 0 bridgehead atoms. The lowest BCUT2D eigenvalue weighted by molar-refractivity contribution is -0.136.